The van der Waals surface area contributed by atoms with Crippen molar-refractivity contribution < 1.29 is 33.0 Å². The van der Waals surface area contributed by atoms with Gasteiger partial charge in [-0.1, -0.05) is 0 Å². The van der Waals surface area contributed by atoms with Crippen molar-refractivity contribution in [3.05, 3.63) is 29.3 Å². The van der Waals surface area contributed by atoms with Gasteiger partial charge in [-0.25, -0.2) is 9.18 Å². The van der Waals surface area contributed by atoms with Crippen LogP contribution in [-0.2, 0) is 9.53 Å². The first kappa shape index (κ1) is 17.2. The minimum atomic E-state index is -1.53. The first-order valence-electron chi connectivity index (χ1n) is 7.37. The van der Waals surface area contributed by atoms with Crippen molar-refractivity contribution in [3.8, 4) is 5.75 Å². The first-order valence-corrected chi connectivity index (χ1v) is 7.37. The smallest absolute Gasteiger partial charge is 0.338 e. The number of carbonyl (C=O) groups is 2. The number of carboxylic acid groups (broad SMARTS) is 1. The number of carbonyl (C=O) groups excluding carboxylic acids is 1. The Balaban J connectivity index is 1.95. The Morgan fingerprint density at radius 2 is 1.83 bits per heavy atom. The molecule has 0 saturated heterocycles. The second-order valence-electron chi connectivity index (χ2n) is 5.59. The number of rotatable bonds is 5. The molecule has 0 atom stereocenters. The highest BCUT2D eigenvalue weighted by Gasteiger charge is 2.26. The molecule has 1 N–H and O–H groups in total. The number of aromatic carboxylic acids is 1. The van der Waals surface area contributed by atoms with Gasteiger partial charge in [0.25, 0.3) is 0 Å². The molecule has 1 aromatic rings. The van der Waals surface area contributed by atoms with E-state index >= 15 is 0 Å². The molecule has 0 amide bonds. The van der Waals surface area contributed by atoms with E-state index in [1.165, 1.54) is 7.11 Å². The third-order valence-electron chi connectivity index (χ3n) is 4.05. The van der Waals surface area contributed by atoms with Crippen LogP contribution in [0.5, 0.6) is 5.75 Å². The average molecular weight is 328 g/mol. The number of ether oxygens (including phenoxy) is 2. The molecule has 5 nitrogen and oxygen atoms in total. The van der Waals surface area contributed by atoms with Crippen molar-refractivity contribution in [1.82, 2.24) is 0 Å². The maximum atomic E-state index is 13.8. The van der Waals surface area contributed by atoms with Crippen LogP contribution in [0.15, 0.2) is 12.1 Å². The number of halogens is 2. The summed E-state index contributed by atoms with van der Waals surface area (Å²) in [6.07, 6.45) is 2.76. The van der Waals surface area contributed by atoms with E-state index < -0.39 is 23.2 Å². The quantitative estimate of drug-likeness (QED) is 0.841. The fourth-order valence-corrected chi connectivity index (χ4v) is 2.74. The summed E-state index contributed by atoms with van der Waals surface area (Å²) in [6, 6.07) is 2.11. The third-order valence-corrected chi connectivity index (χ3v) is 4.05. The van der Waals surface area contributed by atoms with Crippen LogP contribution in [0.25, 0.3) is 0 Å². The van der Waals surface area contributed by atoms with Crippen LogP contribution >= 0.6 is 0 Å². The standard InChI is InChI=1S/C16H18F2O5/c1-22-13(19)8-9-2-4-10(5-3-9)23-12-7-6-11(16(20)21)14(17)15(12)18/h6-7,9-10H,2-5,8H2,1H3,(H,20,21). The normalized spacial score (nSPS) is 20.8. The number of methoxy groups -OCH3 is 1. The molecule has 126 valence electrons. The molecule has 0 heterocycles. The number of benzene rings is 1. The topological polar surface area (TPSA) is 72.8 Å². The molecule has 1 fully saturated rings. The van der Waals surface area contributed by atoms with E-state index in [4.69, 9.17) is 9.84 Å². The Labute approximate surface area is 132 Å². The molecule has 0 unspecified atom stereocenters. The van der Waals surface area contributed by atoms with E-state index in [0.29, 0.717) is 19.3 Å². The fraction of sp³-hybridized carbons (Fsp3) is 0.500. The molecule has 23 heavy (non-hydrogen) atoms. The van der Waals surface area contributed by atoms with Crippen molar-refractivity contribution in [3.63, 3.8) is 0 Å². The van der Waals surface area contributed by atoms with Gasteiger partial charge in [-0.05, 0) is 43.7 Å². The second kappa shape index (κ2) is 7.39. The van der Waals surface area contributed by atoms with E-state index in [2.05, 4.69) is 4.74 Å². The lowest BCUT2D eigenvalue weighted by Gasteiger charge is -2.28. The number of hydrogen-bond acceptors (Lipinski definition) is 4. The van der Waals surface area contributed by atoms with Gasteiger partial charge < -0.3 is 14.6 Å². The van der Waals surface area contributed by atoms with Gasteiger partial charge in [0.1, 0.15) is 0 Å². The third kappa shape index (κ3) is 4.18. The van der Waals surface area contributed by atoms with E-state index in [9.17, 15) is 18.4 Å². The highest BCUT2D eigenvalue weighted by atomic mass is 19.2. The van der Waals surface area contributed by atoms with E-state index in [0.717, 1.165) is 25.0 Å². The molecule has 7 heteroatoms. The summed E-state index contributed by atoms with van der Waals surface area (Å²) in [4.78, 5) is 22.0. The summed E-state index contributed by atoms with van der Waals surface area (Å²) in [6.45, 7) is 0. The fourth-order valence-electron chi connectivity index (χ4n) is 2.74. The Bertz CT molecular complexity index is 594. The molecule has 1 aliphatic rings. The number of esters is 1. The van der Waals surface area contributed by atoms with Crippen molar-refractivity contribution in [2.45, 2.75) is 38.2 Å². The molecule has 0 radical (unpaired) electrons. The van der Waals surface area contributed by atoms with Gasteiger partial charge in [0.2, 0.25) is 5.82 Å². The van der Waals surface area contributed by atoms with E-state index in [1.807, 2.05) is 0 Å². The number of carboxylic acids is 1. The van der Waals surface area contributed by atoms with Crippen LogP contribution in [-0.4, -0.2) is 30.3 Å². The van der Waals surface area contributed by atoms with Crippen molar-refractivity contribution in [2.75, 3.05) is 7.11 Å². The van der Waals surface area contributed by atoms with Gasteiger partial charge in [0.15, 0.2) is 11.6 Å². The molecule has 0 bridgehead atoms. The van der Waals surface area contributed by atoms with Crippen LogP contribution < -0.4 is 4.74 Å². The van der Waals surface area contributed by atoms with Crippen molar-refractivity contribution in [2.24, 2.45) is 5.92 Å². The summed E-state index contributed by atoms with van der Waals surface area (Å²) in [5.41, 5.74) is -0.725. The predicted octanol–water partition coefficient (Wildman–Crippen LogP) is 3.16. The van der Waals surface area contributed by atoms with E-state index in [-0.39, 0.29) is 23.7 Å². The highest BCUT2D eigenvalue weighted by Crippen LogP contribution is 2.31. The van der Waals surface area contributed by atoms with Gasteiger partial charge in [-0.2, -0.15) is 4.39 Å². The Morgan fingerprint density at radius 3 is 2.39 bits per heavy atom. The monoisotopic (exact) mass is 328 g/mol. The molecule has 0 spiro atoms. The van der Waals surface area contributed by atoms with Crippen LogP contribution in [0.4, 0.5) is 8.78 Å². The SMILES string of the molecule is COC(=O)CC1CCC(Oc2ccc(C(=O)O)c(F)c2F)CC1. The summed E-state index contributed by atoms with van der Waals surface area (Å²) >= 11 is 0. The lowest BCUT2D eigenvalue weighted by atomic mass is 9.85. The minimum Gasteiger partial charge on any atom is -0.487 e. The maximum absolute atomic E-state index is 13.8. The Kier molecular flexibility index (Phi) is 5.52. The molecule has 1 aliphatic carbocycles. The Morgan fingerprint density at radius 1 is 1.17 bits per heavy atom. The van der Waals surface area contributed by atoms with Gasteiger partial charge in [-0.3, -0.25) is 4.79 Å². The van der Waals surface area contributed by atoms with Crippen molar-refractivity contribution in [1.29, 1.82) is 0 Å². The van der Waals surface area contributed by atoms with Gasteiger partial charge in [0, 0.05) is 6.42 Å². The molecule has 1 aromatic carbocycles. The first-order chi connectivity index (χ1) is 10.9. The van der Waals surface area contributed by atoms with Gasteiger partial charge in [0.05, 0.1) is 18.8 Å². The molecule has 0 aromatic heterocycles. The van der Waals surface area contributed by atoms with E-state index in [1.54, 1.807) is 0 Å². The zero-order valence-corrected chi connectivity index (χ0v) is 12.7. The van der Waals surface area contributed by atoms with Crippen LogP contribution in [0.2, 0.25) is 0 Å². The zero-order valence-electron chi connectivity index (χ0n) is 12.7. The Hall–Kier alpha value is -2.18. The number of hydrogen-bond donors (Lipinski definition) is 1. The van der Waals surface area contributed by atoms with Gasteiger partial charge in [-0.15, -0.1) is 0 Å². The molecule has 0 aliphatic heterocycles. The lowest BCUT2D eigenvalue weighted by molar-refractivity contribution is -0.142. The molecular formula is C16H18F2O5. The van der Waals surface area contributed by atoms with Crippen LogP contribution in [0.3, 0.4) is 0 Å². The summed E-state index contributed by atoms with van der Waals surface area (Å²) in [5.74, 6) is -4.58. The molecular weight excluding hydrogens is 310 g/mol. The molecule has 2 rings (SSSR count). The largest absolute Gasteiger partial charge is 0.487 e. The lowest BCUT2D eigenvalue weighted by Crippen LogP contribution is -2.26. The summed E-state index contributed by atoms with van der Waals surface area (Å²) in [7, 11) is 1.34. The maximum Gasteiger partial charge on any atom is 0.338 e. The van der Waals surface area contributed by atoms with Crippen LogP contribution in [0, 0.1) is 17.6 Å². The second-order valence-corrected chi connectivity index (χ2v) is 5.59. The van der Waals surface area contributed by atoms with Gasteiger partial charge >= 0.3 is 11.9 Å². The summed E-state index contributed by atoms with van der Waals surface area (Å²) < 4.78 is 37.6. The predicted molar refractivity (Wildman–Crippen MR) is 76.3 cm³/mol. The van der Waals surface area contributed by atoms with Crippen LogP contribution in [0.1, 0.15) is 42.5 Å². The summed E-state index contributed by atoms with van der Waals surface area (Å²) in [5, 5.41) is 8.74. The molecule has 1 saturated carbocycles. The highest BCUT2D eigenvalue weighted by molar-refractivity contribution is 5.88. The van der Waals surface area contributed by atoms with Crippen molar-refractivity contribution >= 4 is 11.9 Å². The zero-order chi connectivity index (χ0) is 17.0. The average Bonchev–Trinajstić information content (AvgIpc) is 2.53. The minimum absolute atomic E-state index is 0.207.